The summed E-state index contributed by atoms with van der Waals surface area (Å²) in [5.41, 5.74) is 0. The quantitative estimate of drug-likeness (QED) is 0.867. The zero-order valence-electron chi connectivity index (χ0n) is 11.7. The second kappa shape index (κ2) is 6.56. The molecule has 0 amide bonds. The number of nitrogens with zero attached hydrogens (tertiary/aromatic N) is 1. The number of benzene rings is 1. The lowest BCUT2D eigenvalue weighted by atomic mass is 10.1. The third kappa shape index (κ3) is 3.13. The van der Waals surface area contributed by atoms with E-state index in [1.165, 1.54) is 7.11 Å². The molecule has 1 fully saturated rings. The summed E-state index contributed by atoms with van der Waals surface area (Å²) in [5.74, 6) is 0.539. The molecule has 0 bridgehead atoms. The van der Waals surface area contributed by atoms with Gasteiger partial charge in [-0.05, 0) is 37.8 Å². The van der Waals surface area contributed by atoms with Crippen LogP contribution in [0.25, 0.3) is 0 Å². The van der Waals surface area contributed by atoms with E-state index in [0.29, 0.717) is 25.1 Å². The molecule has 0 saturated carbocycles. The van der Waals surface area contributed by atoms with Gasteiger partial charge in [-0.1, -0.05) is 6.07 Å². The average molecular weight is 299 g/mol. The highest BCUT2D eigenvalue weighted by molar-refractivity contribution is 7.89. The van der Waals surface area contributed by atoms with Crippen molar-refractivity contribution in [1.29, 1.82) is 0 Å². The maximum absolute atomic E-state index is 12.7. The molecule has 1 unspecified atom stereocenters. The van der Waals surface area contributed by atoms with Crippen LogP contribution in [0.1, 0.15) is 25.7 Å². The minimum Gasteiger partial charge on any atom is -0.497 e. The first-order valence-electron chi connectivity index (χ1n) is 6.86. The summed E-state index contributed by atoms with van der Waals surface area (Å²) >= 11 is 0. The topological polar surface area (TPSA) is 66.8 Å². The number of sulfonamides is 1. The maximum atomic E-state index is 12.7. The number of aliphatic hydroxyl groups excluding tert-OH is 1. The van der Waals surface area contributed by atoms with Gasteiger partial charge in [0.15, 0.2) is 0 Å². The predicted octanol–water partition coefficient (Wildman–Crippen LogP) is 1.62. The van der Waals surface area contributed by atoms with Crippen LogP contribution >= 0.6 is 0 Å². The fraction of sp³-hybridized carbons (Fsp3) is 0.571. The van der Waals surface area contributed by atoms with Gasteiger partial charge in [0.25, 0.3) is 0 Å². The van der Waals surface area contributed by atoms with Gasteiger partial charge < -0.3 is 9.84 Å². The Labute approximate surface area is 120 Å². The number of ether oxygens (including phenoxy) is 1. The lowest BCUT2D eigenvalue weighted by Gasteiger charge is -2.24. The van der Waals surface area contributed by atoms with Gasteiger partial charge in [0.2, 0.25) is 10.0 Å². The molecular weight excluding hydrogens is 278 g/mol. The van der Waals surface area contributed by atoms with Crippen LogP contribution in [0.2, 0.25) is 0 Å². The van der Waals surface area contributed by atoms with E-state index in [4.69, 9.17) is 9.84 Å². The van der Waals surface area contributed by atoms with Crippen LogP contribution in [0.5, 0.6) is 5.75 Å². The third-order valence-corrected chi connectivity index (χ3v) is 5.61. The molecule has 0 radical (unpaired) electrons. The molecule has 20 heavy (non-hydrogen) atoms. The van der Waals surface area contributed by atoms with Crippen LogP contribution in [0.4, 0.5) is 0 Å². The first-order chi connectivity index (χ1) is 9.59. The molecular formula is C14H21NO4S. The number of methoxy groups -OCH3 is 1. The molecule has 0 aromatic heterocycles. The first-order valence-corrected chi connectivity index (χ1v) is 8.30. The minimum absolute atomic E-state index is 0.00153. The van der Waals surface area contributed by atoms with Gasteiger partial charge in [-0.15, -0.1) is 0 Å². The van der Waals surface area contributed by atoms with Crippen LogP contribution in [-0.2, 0) is 10.0 Å². The summed E-state index contributed by atoms with van der Waals surface area (Å²) in [6, 6.07) is 6.56. The highest BCUT2D eigenvalue weighted by atomic mass is 32.2. The van der Waals surface area contributed by atoms with E-state index >= 15 is 0 Å². The number of aliphatic hydroxyl groups is 1. The molecule has 0 aliphatic carbocycles. The Balaban J connectivity index is 2.24. The molecule has 1 aliphatic rings. The highest BCUT2D eigenvalue weighted by Crippen LogP contribution is 2.29. The van der Waals surface area contributed by atoms with Crippen molar-refractivity contribution in [2.75, 3.05) is 20.3 Å². The van der Waals surface area contributed by atoms with Gasteiger partial charge in [-0.2, -0.15) is 4.31 Å². The van der Waals surface area contributed by atoms with Gasteiger partial charge in [0, 0.05) is 25.3 Å². The molecule has 112 valence electrons. The Bertz CT molecular complexity index is 544. The van der Waals surface area contributed by atoms with Crippen molar-refractivity contribution < 1.29 is 18.3 Å². The van der Waals surface area contributed by atoms with E-state index in [9.17, 15) is 8.42 Å². The molecule has 1 aromatic carbocycles. The second-order valence-corrected chi connectivity index (χ2v) is 6.85. The van der Waals surface area contributed by atoms with Crippen molar-refractivity contribution in [2.24, 2.45) is 0 Å². The van der Waals surface area contributed by atoms with Crippen molar-refractivity contribution in [1.82, 2.24) is 4.31 Å². The van der Waals surface area contributed by atoms with Crippen LogP contribution < -0.4 is 4.74 Å². The minimum atomic E-state index is -3.48. The molecule has 1 atom stereocenters. The van der Waals surface area contributed by atoms with Crippen molar-refractivity contribution in [3.05, 3.63) is 24.3 Å². The largest absolute Gasteiger partial charge is 0.497 e. The van der Waals surface area contributed by atoms with Crippen LogP contribution in [0, 0.1) is 0 Å². The highest BCUT2D eigenvalue weighted by Gasteiger charge is 2.34. The van der Waals surface area contributed by atoms with E-state index in [-0.39, 0.29) is 17.5 Å². The van der Waals surface area contributed by atoms with Crippen molar-refractivity contribution in [2.45, 2.75) is 36.6 Å². The number of hydrogen-bond donors (Lipinski definition) is 1. The van der Waals surface area contributed by atoms with E-state index in [1.807, 2.05) is 0 Å². The monoisotopic (exact) mass is 299 g/mol. The SMILES string of the molecule is COc1cccc(S(=O)(=O)N2CCCC2CCCO)c1. The van der Waals surface area contributed by atoms with E-state index in [2.05, 4.69) is 0 Å². The van der Waals surface area contributed by atoms with Crippen molar-refractivity contribution in [3.8, 4) is 5.75 Å². The molecule has 1 aromatic rings. The summed E-state index contributed by atoms with van der Waals surface area (Å²) in [6.07, 6.45) is 3.08. The smallest absolute Gasteiger partial charge is 0.243 e. The Morgan fingerprint density at radius 1 is 1.45 bits per heavy atom. The predicted molar refractivity (Wildman–Crippen MR) is 76.2 cm³/mol. The van der Waals surface area contributed by atoms with Gasteiger partial charge >= 0.3 is 0 Å². The summed E-state index contributed by atoms with van der Waals surface area (Å²) in [7, 11) is -1.96. The summed E-state index contributed by atoms with van der Waals surface area (Å²) in [4.78, 5) is 0.271. The van der Waals surface area contributed by atoms with E-state index in [0.717, 1.165) is 12.8 Å². The third-order valence-electron chi connectivity index (χ3n) is 3.67. The molecule has 1 aliphatic heterocycles. The zero-order chi connectivity index (χ0) is 14.6. The summed E-state index contributed by atoms with van der Waals surface area (Å²) in [5, 5.41) is 8.92. The number of rotatable bonds is 6. The standard InChI is InChI=1S/C14H21NO4S/c1-19-13-7-2-8-14(11-13)20(17,18)15-9-3-5-12(15)6-4-10-16/h2,7-8,11-12,16H,3-6,9-10H2,1H3. The van der Waals surface area contributed by atoms with Gasteiger partial charge in [0.1, 0.15) is 5.75 Å². The molecule has 1 saturated heterocycles. The lowest BCUT2D eigenvalue weighted by molar-refractivity contribution is 0.264. The Morgan fingerprint density at radius 3 is 2.95 bits per heavy atom. The molecule has 2 rings (SSSR count). The second-order valence-electron chi connectivity index (χ2n) is 4.96. The maximum Gasteiger partial charge on any atom is 0.243 e. The van der Waals surface area contributed by atoms with E-state index in [1.54, 1.807) is 28.6 Å². The Morgan fingerprint density at radius 2 is 2.25 bits per heavy atom. The molecule has 1 heterocycles. The van der Waals surface area contributed by atoms with Crippen LogP contribution in [-0.4, -0.2) is 44.1 Å². The molecule has 0 spiro atoms. The van der Waals surface area contributed by atoms with Crippen molar-refractivity contribution in [3.63, 3.8) is 0 Å². The van der Waals surface area contributed by atoms with Crippen LogP contribution in [0.15, 0.2) is 29.2 Å². The fourth-order valence-electron chi connectivity index (χ4n) is 2.64. The molecule has 1 N–H and O–H groups in total. The van der Waals surface area contributed by atoms with E-state index < -0.39 is 10.0 Å². The zero-order valence-corrected chi connectivity index (χ0v) is 12.5. The van der Waals surface area contributed by atoms with Crippen molar-refractivity contribution >= 4 is 10.0 Å². The van der Waals surface area contributed by atoms with Crippen LogP contribution in [0.3, 0.4) is 0 Å². The fourth-order valence-corrected chi connectivity index (χ4v) is 4.40. The normalized spacial score (nSPS) is 20.2. The summed E-state index contributed by atoms with van der Waals surface area (Å²) < 4.78 is 32.0. The Hall–Kier alpha value is -1.11. The first kappa shape index (κ1) is 15.3. The molecule has 5 nitrogen and oxygen atoms in total. The number of hydrogen-bond acceptors (Lipinski definition) is 4. The van der Waals surface area contributed by atoms with Gasteiger partial charge in [-0.3, -0.25) is 0 Å². The van der Waals surface area contributed by atoms with Gasteiger partial charge in [-0.25, -0.2) is 8.42 Å². The summed E-state index contributed by atoms with van der Waals surface area (Å²) in [6.45, 7) is 0.652. The molecule has 6 heteroatoms. The lowest BCUT2D eigenvalue weighted by Crippen LogP contribution is -2.35. The van der Waals surface area contributed by atoms with Gasteiger partial charge in [0.05, 0.1) is 12.0 Å². The Kier molecular flexibility index (Phi) is 5.01. The average Bonchev–Trinajstić information content (AvgIpc) is 2.94.